The molecule has 0 unspecified atom stereocenters. The smallest absolute Gasteiger partial charge is 0.259 e. The number of rotatable bonds is 10. The van der Waals surface area contributed by atoms with Crippen molar-refractivity contribution in [3.05, 3.63) is 54.1 Å². The summed E-state index contributed by atoms with van der Waals surface area (Å²) in [6, 6.07) is 14.3. The molecule has 0 bridgehead atoms. The Labute approximate surface area is 147 Å². The minimum Gasteiger partial charge on any atom is -0.491 e. The Hall–Kier alpha value is -2.57. The fourth-order valence-corrected chi connectivity index (χ4v) is 2.12. The number of hydrogen-bond donors (Lipinski definition) is 1. The second-order valence-corrected chi connectivity index (χ2v) is 5.16. The summed E-state index contributed by atoms with van der Waals surface area (Å²) in [6.45, 7) is 1.78. The molecule has 0 aliphatic rings. The van der Waals surface area contributed by atoms with Crippen LogP contribution in [0.2, 0.25) is 0 Å². The summed E-state index contributed by atoms with van der Waals surface area (Å²) in [4.78, 5) is 12.6. The van der Waals surface area contributed by atoms with Crippen molar-refractivity contribution in [1.29, 1.82) is 0 Å². The third-order valence-electron chi connectivity index (χ3n) is 3.32. The molecule has 0 heterocycles. The maximum atomic E-state index is 12.6. The highest BCUT2D eigenvalue weighted by Crippen LogP contribution is 2.22. The zero-order valence-electron chi connectivity index (χ0n) is 14.5. The van der Waals surface area contributed by atoms with Crippen molar-refractivity contribution < 1.29 is 23.7 Å². The molecule has 0 saturated heterocycles. The van der Waals surface area contributed by atoms with E-state index in [1.165, 1.54) is 0 Å². The molecule has 0 spiro atoms. The molecule has 2 rings (SSSR count). The Kier molecular flexibility index (Phi) is 7.75. The van der Waals surface area contributed by atoms with Gasteiger partial charge in [0.25, 0.3) is 5.91 Å². The van der Waals surface area contributed by atoms with E-state index in [9.17, 15) is 4.79 Å². The zero-order chi connectivity index (χ0) is 17.9. The van der Waals surface area contributed by atoms with Crippen LogP contribution in [0.5, 0.6) is 11.5 Å². The quantitative estimate of drug-likeness (QED) is 0.671. The molecule has 0 radical (unpaired) electrons. The highest BCUT2D eigenvalue weighted by Gasteiger charge is 2.12. The largest absolute Gasteiger partial charge is 0.491 e. The monoisotopic (exact) mass is 345 g/mol. The standard InChI is InChI=1S/C19H23NO5/c1-22-10-12-24-16-7-5-6-15(14-16)20-19(21)17-8-3-4-9-18(17)25-13-11-23-2/h3-9,14H,10-13H2,1-2H3,(H,20,21). The van der Waals surface area contributed by atoms with Crippen molar-refractivity contribution in [2.24, 2.45) is 0 Å². The predicted molar refractivity (Wildman–Crippen MR) is 95.6 cm³/mol. The molecule has 0 aliphatic carbocycles. The summed E-state index contributed by atoms with van der Waals surface area (Å²) in [5, 5.41) is 2.86. The third-order valence-corrected chi connectivity index (χ3v) is 3.32. The van der Waals surface area contributed by atoms with Crippen LogP contribution in [-0.4, -0.2) is 46.6 Å². The van der Waals surface area contributed by atoms with Crippen LogP contribution < -0.4 is 14.8 Å². The van der Waals surface area contributed by atoms with Gasteiger partial charge in [0.2, 0.25) is 0 Å². The molecule has 1 amide bonds. The molecule has 2 aromatic carbocycles. The summed E-state index contributed by atoms with van der Waals surface area (Å²) in [6.07, 6.45) is 0. The van der Waals surface area contributed by atoms with Gasteiger partial charge in [-0.05, 0) is 24.3 Å². The fourth-order valence-electron chi connectivity index (χ4n) is 2.12. The van der Waals surface area contributed by atoms with Gasteiger partial charge >= 0.3 is 0 Å². The van der Waals surface area contributed by atoms with Gasteiger partial charge in [-0.15, -0.1) is 0 Å². The van der Waals surface area contributed by atoms with E-state index in [1.54, 1.807) is 44.6 Å². The van der Waals surface area contributed by atoms with Gasteiger partial charge in [0, 0.05) is 26.0 Å². The van der Waals surface area contributed by atoms with E-state index < -0.39 is 0 Å². The average molecular weight is 345 g/mol. The first kappa shape index (κ1) is 18.8. The number of para-hydroxylation sites is 1. The highest BCUT2D eigenvalue weighted by atomic mass is 16.5. The van der Waals surface area contributed by atoms with Gasteiger partial charge in [-0.2, -0.15) is 0 Å². The summed E-state index contributed by atoms with van der Waals surface area (Å²) in [7, 11) is 3.22. The van der Waals surface area contributed by atoms with Gasteiger partial charge in [0.1, 0.15) is 24.7 Å². The maximum Gasteiger partial charge on any atom is 0.259 e. The number of carbonyl (C=O) groups is 1. The number of benzene rings is 2. The molecular weight excluding hydrogens is 322 g/mol. The Balaban J connectivity index is 2.03. The van der Waals surface area contributed by atoms with E-state index in [0.29, 0.717) is 49.2 Å². The van der Waals surface area contributed by atoms with E-state index in [1.807, 2.05) is 18.2 Å². The lowest BCUT2D eigenvalue weighted by Crippen LogP contribution is -2.15. The van der Waals surface area contributed by atoms with Gasteiger partial charge in [-0.1, -0.05) is 18.2 Å². The molecule has 0 saturated carbocycles. The molecule has 1 N–H and O–H groups in total. The Morgan fingerprint density at radius 1 is 0.880 bits per heavy atom. The summed E-state index contributed by atoms with van der Waals surface area (Å²) < 4.78 is 21.1. The minimum atomic E-state index is -0.248. The Morgan fingerprint density at radius 2 is 1.60 bits per heavy atom. The van der Waals surface area contributed by atoms with Gasteiger partial charge in [-0.3, -0.25) is 4.79 Å². The van der Waals surface area contributed by atoms with Crippen molar-refractivity contribution >= 4 is 11.6 Å². The number of amides is 1. The van der Waals surface area contributed by atoms with Crippen LogP contribution >= 0.6 is 0 Å². The van der Waals surface area contributed by atoms with Crippen LogP contribution in [0.15, 0.2) is 48.5 Å². The van der Waals surface area contributed by atoms with E-state index in [2.05, 4.69) is 5.32 Å². The summed E-state index contributed by atoms with van der Waals surface area (Å²) in [5.41, 5.74) is 1.11. The van der Waals surface area contributed by atoms with Crippen LogP contribution in [0.4, 0.5) is 5.69 Å². The molecule has 0 aliphatic heterocycles. The minimum absolute atomic E-state index is 0.248. The normalized spacial score (nSPS) is 10.3. The molecule has 25 heavy (non-hydrogen) atoms. The van der Waals surface area contributed by atoms with Crippen molar-refractivity contribution in [3.63, 3.8) is 0 Å². The number of ether oxygens (including phenoxy) is 4. The SMILES string of the molecule is COCCOc1cccc(NC(=O)c2ccccc2OCCOC)c1. The molecule has 6 nitrogen and oxygen atoms in total. The van der Waals surface area contributed by atoms with Crippen LogP contribution in [0, 0.1) is 0 Å². The summed E-state index contributed by atoms with van der Waals surface area (Å²) >= 11 is 0. The number of anilines is 1. The Bertz CT molecular complexity index is 674. The number of hydrogen-bond acceptors (Lipinski definition) is 5. The van der Waals surface area contributed by atoms with Crippen molar-refractivity contribution in [2.75, 3.05) is 46.0 Å². The lowest BCUT2D eigenvalue weighted by Gasteiger charge is -2.12. The maximum absolute atomic E-state index is 12.6. The average Bonchev–Trinajstić information content (AvgIpc) is 2.63. The van der Waals surface area contributed by atoms with E-state index in [-0.39, 0.29) is 5.91 Å². The number of nitrogens with one attached hydrogen (secondary N) is 1. The molecule has 0 atom stereocenters. The first-order chi connectivity index (χ1) is 12.2. The van der Waals surface area contributed by atoms with Gasteiger partial charge in [0.05, 0.1) is 18.8 Å². The second-order valence-electron chi connectivity index (χ2n) is 5.16. The number of carbonyl (C=O) groups excluding carboxylic acids is 1. The van der Waals surface area contributed by atoms with Gasteiger partial charge in [0.15, 0.2) is 0 Å². The van der Waals surface area contributed by atoms with E-state index >= 15 is 0 Å². The first-order valence-corrected chi connectivity index (χ1v) is 7.98. The van der Waals surface area contributed by atoms with Crippen LogP contribution in [-0.2, 0) is 9.47 Å². The summed E-state index contributed by atoms with van der Waals surface area (Å²) in [5.74, 6) is 0.936. The first-order valence-electron chi connectivity index (χ1n) is 7.98. The lowest BCUT2D eigenvalue weighted by molar-refractivity contribution is 0.101. The van der Waals surface area contributed by atoms with Gasteiger partial charge < -0.3 is 24.3 Å². The fraction of sp³-hybridized carbons (Fsp3) is 0.316. The van der Waals surface area contributed by atoms with Gasteiger partial charge in [-0.25, -0.2) is 0 Å². The molecule has 0 fully saturated rings. The molecule has 6 heteroatoms. The van der Waals surface area contributed by atoms with Crippen LogP contribution in [0.3, 0.4) is 0 Å². The Morgan fingerprint density at radius 3 is 2.36 bits per heavy atom. The second kappa shape index (κ2) is 10.3. The molecular formula is C19H23NO5. The predicted octanol–water partition coefficient (Wildman–Crippen LogP) is 2.99. The number of methoxy groups -OCH3 is 2. The van der Waals surface area contributed by atoms with Crippen molar-refractivity contribution in [3.8, 4) is 11.5 Å². The van der Waals surface area contributed by atoms with Crippen molar-refractivity contribution in [1.82, 2.24) is 0 Å². The molecule has 134 valence electrons. The molecule has 0 aromatic heterocycles. The van der Waals surface area contributed by atoms with Crippen LogP contribution in [0.25, 0.3) is 0 Å². The van der Waals surface area contributed by atoms with Crippen LogP contribution in [0.1, 0.15) is 10.4 Å². The van der Waals surface area contributed by atoms with Crippen molar-refractivity contribution in [2.45, 2.75) is 0 Å². The van der Waals surface area contributed by atoms with E-state index in [0.717, 1.165) is 0 Å². The van der Waals surface area contributed by atoms with E-state index in [4.69, 9.17) is 18.9 Å². The third kappa shape index (κ3) is 6.10. The highest BCUT2D eigenvalue weighted by molar-refractivity contribution is 6.06. The topological polar surface area (TPSA) is 66.0 Å². The zero-order valence-corrected chi connectivity index (χ0v) is 14.5. The lowest BCUT2D eigenvalue weighted by atomic mass is 10.2. The molecule has 2 aromatic rings.